The largest absolute Gasteiger partial charge is 0.457 e. The molecule has 27 heavy (non-hydrogen) atoms. The van der Waals surface area contributed by atoms with Crippen LogP contribution in [-0.4, -0.2) is 10.9 Å². The summed E-state index contributed by atoms with van der Waals surface area (Å²) in [6.45, 7) is 3.55. The molecule has 7 nitrogen and oxygen atoms in total. The van der Waals surface area contributed by atoms with Gasteiger partial charge in [0.15, 0.2) is 0 Å². The number of esters is 1. The molecule has 0 aliphatic carbocycles. The summed E-state index contributed by atoms with van der Waals surface area (Å²) >= 11 is 5.83. The van der Waals surface area contributed by atoms with Crippen LogP contribution in [0.5, 0.6) is 0 Å². The second-order valence-electron chi connectivity index (χ2n) is 6.02. The lowest BCUT2D eigenvalue weighted by atomic mass is 10.0. The molecular formula is C19H14ClNO6. The summed E-state index contributed by atoms with van der Waals surface area (Å²) in [4.78, 5) is 34.6. The molecule has 0 fully saturated rings. The fraction of sp³-hybridized carbons (Fsp3) is 0.158. The second-order valence-corrected chi connectivity index (χ2v) is 6.45. The van der Waals surface area contributed by atoms with E-state index in [0.29, 0.717) is 16.5 Å². The molecule has 0 saturated carbocycles. The van der Waals surface area contributed by atoms with Crippen LogP contribution in [0.2, 0.25) is 5.02 Å². The van der Waals surface area contributed by atoms with E-state index in [4.69, 9.17) is 20.8 Å². The number of nitro groups is 1. The number of rotatable bonds is 4. The maximum Gasteiger partial charge on any atom is 0.345 e. The molecular weight excluding hydrogens is 374 g/mol. The molecule has 0 aliphatic heterocycles. The van der Waals surface area contributed by atoms with Crippen molar-refractivity contribution in [2.24, 2.45) is 0 Å². The van der Waals surface area contributed by atoms with Crippen molar-refractivity contribution in [1.82, 2.24) is 0 Å². The van der Waals surface area contributed by atoms with Crippen molar-refractivity contribution in [3.63, 3.8) is 0 Å². The Morgan fingerprint density at radius 1 is 1.19 bits per heavy atom. The summed E-state index contributed by atoms with van der Waals surface area (Å²) in [6.07, 6.45) is 0. The first kappa shape index (κ1) is 18.6. The Hall–Kier alpha value is -3.19. The maximum atomic E-state index is 12.4. The number of fused-ring (bicyclic) bond motifs is 1. The van der Waals surface area contributed by atoms with Crippen LogP contribution < -0.4 is 5.63 Å². The number of benzene rings is 2. The Balaban J connectivity index is 1.95. The average molecular weight is 388 g/mol. The maximum absolute atomic E-state index is 12.4. The molecule has 2 aromatic carbocycles. The summed E-state index contributed by atoms with van der Waals surface area (Å²) in [5.41, 5.74) is 1.52. The van der Waals surface area contributed by atoms with E-state index in [1.807, 2.05) is 19.9 Å². The van der Waals surface area contributed by atoms with Crippen molar-refractivity contribution in [1.29, 1.82) is 0 Å². The quantitative estimate of drug-likeness (QED) is 0.286. The summed E-state index contributed by atoms with van der Waals surface area (Å²) in [6, 6.07) is 8.43. The van der Waals surface area contributed by atoms with Crippen molar-refractivity contribution >= 4 is 34.2 Å². The van der Waals surface area contributed by atoms with E-state index in [0.717, 1.165) is 17.2 Å². The van der Waals surface area contributed by atoms with Gasteiger partial charge in [-0.15, -0.1) is 0 Å². The van der Waals surface area contributed by atoms with Crippen LogP contribution in [0.1, 0.15) is 27.0 Å². The number of nitrogens with zero attached hydrogens (tertiary/aromatic N) is 1. The SMILES string of the molecule is Cc1cc2oc(=O)cc(COC(=O)c3cc(Cl)ccc3[N+](=O)[O-])c2cc1C. The predicted octanol–water partition coefficient (Wildman–Crippen LogP) is 4.33. The van der Waals surface area contributed by atoms with Crippen molar-refractivity contribution in [3.05, 3.63) is 84.2 Å². The molecule has 0 radical (unpaired) electrons. The Morgan fingerprint density at radius 2 is 1.89 bits per heavy atom. The minimum absolute atomic E-state index is 0.171. The zero-order valence-electron chi connectivity index (χ0n) is 14.4. The van der Waals surface area contributed by atoms with E-state index in [9.17, 15) is 19.7 Å². The fourth-order valence-electron chi connectivity index (χ4n) is 2.65. The van der Waals surface area contributed by atoms with Gasteiger partial charge in [0.25, 0.3) is 5.69 Å². The van der Waals surface area contributed by atoms with Gasteiger partial charge in [0.05, 0.1) is 4.92 Å². The number of ether oxygens (including phenoxy) is 1. The highest BCUT2D eigenvalue weighted by molar-refractivity contribution is 6.31. The van der Waals surface area contributed by atoms with Gasteiger partial charge in [-0.25, -0.2) is 9.59 Å². The fourth-order valence-corrected chi connectivity index (χ4v) is 2.83. The van der Waals surface area contributed by atoms with Gasteiger partial charge in [-0.3, -0.25) is 10.1 Å². The molecule has 0 atom stereocenters. The van der Waals surface area contributed by atoms with Crippen LogP contribution in [0.3, 0.4) is 0 Å². The van der Waals surface area contributed by atoms with E-state index in [1.165, 1.54) is 18.2 Å². The van der Waals surface area contributed by atoms with Crippen LogP contribution in [-0.2, 0) is 11.3 Å². The number of halogens is 1. The van der Waals surface area contributed by atoms with E-state index in [2.05, 4.69) is 0 Å². The van der Waals surface area contributed by atoms with Crippen LogP contribution in [0, 0.1) is 24.0 Å². The van der Waals surface area contributed by atoms with E-state index in [1.54, 1.807) is 6.07 Å². The number of carbonyl (C=O) groups is 1. The first-order chi connectivity index (χ1) is 12.8. The molecule has 8 heteroatoms. The third kappa shape index (κ3) is 3.83. The minimum atomic E-state index is -0.908. The Morgan fingerprint density at radius 3 is 2.59 bits per heavy atom. The zero-order valence-corrected chi connectivity index (χ0v) is 15.2. The smallest absolute Gasteiger partial charge is 0.345 e. The van der Waals surface area contributed by atoms with Crippen molar-refractivity contribution < 1.29 is 18.9 Å². The predicted molar refractivity (Wildman–Crippen MR) is 99.2 cm³/mol. The topological polar surface area (TPSA) is 99.7 Å². The lowest BCUT2D eigenvalue weighted by molar-refractivity contribution is -0.385. The van der Waals surface area contributed by atoms with Gasteiger partial charge in [-0.05, 0) is 49.2 Å². The lowest BCUT2D eigenvalue weighted by Crippen LogP contribution is -2.10. The molecule has 0 spiro atoms. The molecule has 138 valence electrons. The molecule has 0 aliphatic rings. The van der Waals surface area contributed by atoms with Gasteiger partial charge < -0.3 is 9.15 Å². The van der Waals surface area contributed by atoms with Gasteiger partial charge in [-0.2, -0.15) is 0 Å². The van der Waals surface area contributed by atoms with E-state index in [-0.39, 0.29) is 17.2 Å². The minimum Gasteiger partial charge on any atom is -0.457 e. The second kappa shape index (κ2) is 7.20. The van der Waals surface area contributed by atoms with Crippen molar-refractivity contribution in [2.45, 2.75) is 20.5 Å². The van der Waals surface area contributed by atoms with Gasteiger partial charge in [0, 0.05) is 28.1 Å². The van der Waals surface area contributed by atoms with Crippen LogP contribution in [0.15, 0.2) is 45.6 Å². The molecule has 0 amide bonds. The molecule has 0 saturated heterocycles. The molecule has 0 bridgehead atoms. The molecule has 1 aromatic heterocycles. The lowest BCUT2D eigenvalue weighted by Gasteiger charge is -2.09. The average Bonchev–Trinajstić information content (AvgIpc) is 2.60. The highest BCUT2D eigenvalue weighted by Crippen LogP contribution is 2.25. The van der Waals surface area contributed by atoms with Gasteiger partial charge in [-0.1, -0.05) is 11.6 Å². The van der Waals surface area contributed by atoms with Crippen LogP contribution in [0.25, 0.3) is 11.0 Å². The number of aryl methyl sites for hydroxylation is 2. The summed E-state index contributed by atoms with van der Waals surface area (Å²) in [7, 11) is 0. The summed E-state index contributed by atoms with van der Waals surface area (Å²) in [5.74, 6) is -0.908. The number of nitro benzene ring substituents is 1. The van der Waals surface area contributed by atoms with Crippen molar-refractivity contribution in [2.75, 3.05) is 0 Å². The number of hydrogen-bond donors (Lipinski definition) is 0. The molecule has 0 unspecified atom stereocenters. The standard InChI is InChI=1S/C19H14ClNO6/c1-10-5-14-12(7-18(22)27-17(14)6-11(10)2)9-26-19(23)15-8-13(20)3-4-16(15)21(24)25/h3-8H,9H2,1-2H3. The highest BCUT2D eigenvalue weighted by atomic mass is 35.5. The highest BCUT2D eigenvalue weighted by Gasteiger charge is 2.22. The monoisotopic (exact) mass is 387 g/mol. The Bertz CT molecular complexity index is 1130. The van der Waals surface area contributed by atoms with Gasteiger partial charge in [0.1, 0.15) is 17.8 Å². The number of carbonyl (C=O) groups excluding carboxylic acids is 1. The third-order valence-corrected chi connectivity index (χ3v) is 4.41. The Kier molecular flexibility index (Phi) is 4.96. The molecule has 0 N–H and O–H groups in total. The van der Waals surface area contributed by atoms with Gasteiger partial charge >= 0.3 is 11.6 Å². The van der Waals surface area contributed by atoms with Crippen molar-refractivity contribution in [3.8, 4) is 0 Å². The van der Waals surface area contributed by atoms with E-state index < -0.39 is 22.2 Å². The summed E-state index contributed by atoms with van der Waals surface area (Å²) in [5, 5.41) is 11.9. The van der Waals surface area contributed by atoms with Crippen LogP contribution in [0.4, 0.5) is 5.69 Å². The number of hydrogen-bond acceptors (Lipinski definition) is 6. The first-order valence-electron chi connectivity index (χ1n) is 7.91. The van der Waals surface area contributed by atoms with E-state index >= 15 is 0 Å². The Labute approximate surface area is 158 Å². The first-order valence-corrected chi connectivity index (χ1v) is 8.29. The van der Waals surface area contributed by atoms with Gasteiger partial charge in [0.2, 0.25) is 0 Å². The zero-order chi connectivity index (χ0) is 19.7. The summed E-state index contributed by atoms with van der Waals surface area (Å²) < 4.78 is 10.4. The molecule has 3 rings (SSSR count). The normalized spacial score (nSPS) is 10.8. The molecule has 1 heterocycles. The van der Waals surface area contributed by atoms with Crippen LogP contribution >= 0.6 is 11.6 Å². The third-order valence-electron chi connectivity index (χ3n) is 4.18. The molecule has 3 aromatic rings.